The van der Waals surface area contributed by atoms with Crippen LogP contribution < -0.4 is 0 Å². The van der Waals surface area contributed by atoms with Crippen molar-refractivity contribution in [3.63, 3.8) is 0 Å². The average molecular weight is 345 g/mol. The fourth-order valence-corrected chi connectivity index (χ4v) is 1.86. The summed E-state index contributed by atoms with van der Waals surface area (Å²) < 4.78 is 0.347. The van der Waals surface area contributed by atoms with Crippen LogP contribution in [0, 0.1) is 0 Å². The molecular weight excluding hydrogens is 337 g/mol. The number of hydrogen-bond donors (Lipinski definition) is 0. The molecule has 21 heavy (non-hydrogen) atoms. The second kappa shape index (κ2) is 6.80. The third kappa shape index (κ3) is 4.11. The molecule has 108 valence electrons. The zero-order chi connectivity index (χ0) is 15.4. The number of hydroxylamine groups is 1. The van der Waals surface area contributed by atoms with Gasteiger partial charge in [-0.3, -0.25) is 4.79 Å². The van der Waals surface area contributed by atoms with Gasteiger partial charge in [-0.1, -0.05) is 27.8 Å². The highest BCUT2D eigenvalue weighted by Gasteiger charge is 2.19. The molecule has 1 amide bonds. The summed E-state index contributed by atoms with van der Waals surface area (Å²) in [5.41, 5.74) is 0.451. The Bertz CT molecular complexity index is 656. The molecule has 2 aromatic rings. The molecule has 2 rings (SSSR count). The van der Waals surface area contributed by atoms with Gasteiger partial charge in [0.15, 0.2) is 0 Å². The lowest BCUT2D eigenvalue weighted by molar-refractivity contribution is -0.0303. The van der Waals surface area contributed by atoms with Crippen molar-refractivity contribution in [2.24, 2.45) is 0 Å². The van der Waals surface area contributed by atoms with E-state index in [1.54, 1.807) is 0 Å². The van der Waals surface area contributed by atoms with E-state index < -0.39 is 11.9 Å². The molecule has 0 spiro atoms. The van der Waals surface area contributed by atoms with Crippen LogP contribution in [0.15, 0.2) is 48.5 Å². The smallest absolute Gasteiger partial charge is 0.316 e. The molecule has 0 bridgehead atoms. The molecule has 0 N–H and O–H groups in total. The van der Waals surface area contributed by atoms with Crippen LogP contribution in [0.3, 0.4) is 0 Å². The van der Waals surface area contributed by atoms with E-state index in [1.807, 2.05) is 0 Å². The fourth-order valence-electron chi connectivity index (χ4n) is 1.45. The Hall–Kier alpha value is -1.75. The Morgan fingerprint density at radius 2 is 1.24 bits per heavy atom. The molecule has 4 nitrogen and oxygen atoms in total. The predicted octanol–water partition coefficient (Wildman–Crippen LogP) is 4.36. The largest absolute Gasteiger partial charge is 0.365 e. The topological polar surface area (TPSA) is 46.6 Å². The van der Waals surface area contributed by atoms with Gasteiger partial charge in [0.25, 0.3) is 0 Å². The number of carbonyl (C=O) groups excluding carboxylic acids is 2. The highest BCUT2D eigenvalue weighted by molar-refractivity contribution is 6.31. The first kappa shape index (κ1) is 15.6. The highest BCUT2D eigenvalue weighted by Crippen LogP contribution is 2.15. The van der Waals surface area contributed by atoms with Crippen molar-refractivity contribution in [1.82, 2.24) is 4.58 Å². The van der Waals surface area contributed by atoms with Crippen molar-refractivity contribution in [2.45, 2.75) is 0 Å². The molecule has 0 aliphatic rings. The summed E-state index contributed by atoms with van der Waals surface area (Å²) in [7, 11) is 0. The maximum absolute atomic E-state index is 11.9. The Kier molecular flexibility index (Phi) is 5.07. The second-order valence-electron chi connectivity index (χ2n) is 3.94. The number of hydrogen-bond acceptors (Lipinski definition) is 3. The normalized spacial score (nSPS) is 10.0. The predicted molar refractivity (Wildman–Crippen MR) is 80.3 cm³/mol. The maximum atomic E-state index is 11.9. The minimum atomic E-state index is -0.774. The van der Waals surface area contributed by atoms with Crippen LogP contribution in [0.5, 0.6) is 0 Å². The zero-order valence-electron chi connectivity index (χ0n) is 10.4. The molecule has 0 saturated carbocycles. The molecule has 0 aromatic heterocycles. The molecule has 0 unspecified atom stereocenters. The standard InChI is InChI=1S/C14H8Cl3NO3/c15-11-5-1-9(2-6-11)13(19)18(17)21-14(20)10-3-7-12(16)8-4-10/h1-8H. The van der Waals surface area contributed by atoms with Crippen molar-refractivity contribution < 1.29 is 14.4 Å². The molecule has 0 radical (unpaired) electrons. The Balaban J connectivity index is 2.05. The van der Waals surface area contributed by atoms with E-state index in [1.165, 1.54) is 48.5 Å². The molecule has 2 aromatic carbocycles. The SMILES string of the molecule is O=C(ON(Cl)C(=O)c1ccc(Cl)cc1)c1ccc(Cl)cc1. The van der Waals surface area contributed by atoms with Crippen molar-refractivity contribution >= 4 is 46.9 Å². The second-order valence-corrected chi connectivity index (χ2v) is 5.12. The number of rotatable bonds is 2. The summed E-state index contributed by atoms with van der Waals surface area (Å²) in [6.45, 7) is 0. The van der Waals surface area contributed by atoms with Crippen LogP contribution in [0.4, 0.5) is 0 Å². The van der Waals surface area contributed by atoms with Gasteiger partial charge in [-0.15, -0.1) is 0 Å². The Morgan fingerprint density at radius 1 is 0.810 bits per heavy atom. The van der Waals surface area contributed by atoms with Crippen LogP contribution >= 0.6 is 35.0 Å². The average Bonchev–Trinajstić information content (AvgIpc) is 2.47. The molecular formula is C14H8Cl3NO3. The number of nitrogens with zero attached hydrogens (tertiary/aromatic N) is 1. The van der Waals surface area contributed by atoms with Crippen LogP contribution in [0.25, 0.3) is 0 Å². The Morgan fingerprint density at radius 3 is 1.71 bits per heavy atom. The molecule has 0 saturated heterocycles. The number of benzene rings is 2. The van der Waals surface area contributed by atoms with Gasteiger partial charge in [0.05, 0.1) is 17.3 Å². The first-order valence-electron chi connectivity index (χ1n) is 5.71. The molecule has 0 aliphatic heterocycles. The summed E-state index contributed by atoms with van der Waals surface area (Å²) in [6.07, 6.45) is 0. The fraction of sp³-hybridized carbons (Fsp3) is 0. The summed E-state index contributed by atoms with van der Waals surface area (Å²) in [5, 5.41) is 0.956. The third-order valence-electron chi connectivity index (χ3n) is 2.49. The van der Waals surface area contributed by atoms with E-state index in [0.29, 0.717) is 14.6 Å². The lowest BCUT2D eigenvalue weighted by Crippen LogP contribution is -2.25. The molecule has 7 heteroatoms. The minimum Gasteiger partial charge on any atom is -0.316 e. The van der Waals surface area contributed by atoms with Crippen LogP contribution in [0.2, 0.25) is 10.0 Å². The quantitative estimate of drug-likeness (QED) is 0.600. The number of carbonyl (C=O) groups is 2. The monoisotopic (exact) mass is 343 g/mol. The van der Waals surface area contributed by atoms with Gasteiger partial charge < -0.3 is 4.84 Å². The zero-order valence-corrected chi connectivity index (χ0v) is 12.7. The molecule has 0 atom stereocenters. The van der Waals surface area contributed by atoms with Crippen molar-refractivity contribution in [2.75, 3.05) is 0 Å². The van der Waals surface area contributed by atoms with Crippen LogP contribution in [-0.2, 0) is 4.84 Å². The van der Waals surface area contributed by atoms with Gasteiger partial charge in [0, 0.05) is 15.6 Å². The van der Waals surface area contributed by atoms with Gasteiger partial charge in [0.1, 0.15) is 0 Å². The van der Waals surface area contributed by atoms with Crippen LogP contribution in [-0.4, -0.2) is 16.5 Å². The first-order chi connectivity index (χ1) is 9.97. The van der Waals surface area contributed by atoms with Crippen molar-refractivity contribution in [3.05, 3.63) is 69.7 Å². The number of amides is 1. The van der Waals surface area contributed by atoms with E-state index >= 15 is 0 Å². The van der Waals surface area contributed by atoms with Gasteiger partial charge in [-0.25, -0.2) is 4.79 Å². The molecule has 0 heterocycles. The van der Waals surface area contributed by atoms with E-state index in [9.17, 15) is 9.59 Å². The Labute approximate surface area is 135 Å². The van der Waals surface area contributed by atoms with E-state index in [-0.39, 0.29) is 11.1 Å². The van der Waals surface area contributed by atoms with Gasteiger partial charge in [-0.05, 0) is 48.5 Å². The van der Waals surface area contributed by atoms with Gasteiger partial charge in [0.2, 0.25) is 0 Å². The lowest BCUT2D eigenvalue weighted by atomic mass is 10.2. The van der Waals surface area contributed by atoms with E-state index in [0.717, 1.165) is 0 Å². The molecule has 0 aliphatic carbocycles. The van der Waals surface area contributed by atoms with E-state index in [4.69, 9.17) is 39.8 Å². The number of halogens is 3. The third-order valence-corrected chi connectivity index (χ3v) is 3.22. The summed E-state index contributed by atoms with van der Waals surface area (Å²) >= 11 is 17.1. The first-order valence-corrected chi connectivity index (χ1v) is 6.80. The summed E-state index contributed by atoms with van der Waals surface area (Å²) in [6, 6.07) is 12.0. The summed E-state index contributed by atoms with van der Waals surface area (Å²) in [4.78, 5) is 28.5. The van der Waals surface area contributed by atoms with E-state index in [2.05, 4.69) is 0 Å². The lowest BCUT2D eigenvalue weighted by Gasteiger charge is -2.12. The van der Waals surface area contributed by atoms with Gasteiger partial charge >= 0.3 is 11.9 Å². The highest BCUT2D eigenvalue weighted by atomic mass is 35.5. The maximum Gasteiger partial charge on any atom is 0.365 e. The minimum absolute atomic E-state index is 0.217. The van der Waals surface area contributed by atoms with Crippen LogP contribution in [0.1, 0.15) is 20.7 Å². The molecule has 0 fully saturated rings. The summed E-state index contributed by atoms with van der Waals surface area (Å²) in [5.74, 6) is -1.46. The van der Waals surface area contributed by atoms with Crippen molar-refractivity contribution in [3.8, 4) is 0 Å². The van der Waals surface area contributed by atoms with Crippen molar-refractivity contribution in [1.29, 1.82) is 0 Å². The van der Waals surface area contributed by atoms with Gasteiger partial charge in [-0.2, -0.15) is 0 Å².